The Morgan fingerprint density at radius 2 is 1.54 bits per heavy atom. The quantitative estimate of drug-likeness (QED) is 0.649. The minimum atomic E-state index is -0.910. The normalized spacial score (nSPS) is 16.6. The molecule has 3 nitrogen and oxygen atoms in total. The van der Waals surface area contributed by atoms with E-state index in [2.05, 4.69) is 13.8 Å². The van der Waals surface area contributed by atoms with Gasteiger partial charge in [0.1, 0.15) is 5.60 Å². The van der Waals surface area contributed by atoms with E-state index < -0.39 is 11.9 Å². The molecule has 3 heteroatoms. The second-order valence-corrected chi connectivity index (χ2v) is 3.54. The maximum atomic E-state index is 10.2. The third kappa shape index (κ3) is 2.93. The highest BCUT2D eigenvalue weighted by Crippen LogP contribution is 2.28. The van der Waals surface area contributed by atoms with Crippen molar-refractivity contribution in [3.63, 3.8) is 0 Å². The molecule has 0 fully saturated rings. The monoisotopic (exact) mass is 190 g/mol. The fraction of sp³-hybridized carbons (Fsp3) is 1.00. The SMILES string of the molecule is CCC(CC)C(C)(O)C(OC)OC. The van der Waals surface area contributed by atoms with Gasteiger partial charge in [-0.2, -0.15) is 0 Å². The molecule has 1 unspecified atom stereocenters. The Kier molecular flexibility index (Phi) is 5.53. The van der Waals surface area contributed by atoms with E-state index in [-0.39, 0.29) is 5.92 Å². The number of hydrogen-bond acceptors (Lipinski definition) is 3. The molecule has 0 heterocycles. The van der Waals surface area contributed by atoms with Crippen LogP contribution in [0.15, 0.2) is 0 Å². The summed E-state index contributed by atoms with van der Waals surface area (Å²) in [6, 6.07) is 0. The zero-order chi connectivity index (χ0) is 10.5. The molecule has 0 aliphatic rings. The van der Waals surface area contributed by atoms with Crippen LogP contribution in [-0.4, -0.2) is 31.2 Å². The van der Waals surface area contributed by atoms with Crippen molar-refractivity contribution in [1.82, 2.24) is 0 Å². The van der Waals surface area contributed by atoms with Gasteiger partial charge in [-0.15, -0.1) is 0 Å². The lowest BCUT2D eigenvalue weighted by Gasteiger charge is -2.36. The summed E-state index contributed by atoms with van der Waals surface area (Å²) in [5, 5.41) is 10.2. The van der Waals surface area contributed by atoms with Crippen LogP contribution in [0.5, 0.6) is 0 Å². The topological polar surface area (TPSA) is 38.7 Å². The number of methoxy groups -OCH3 is 2. The molecule has 0 aromatic rings. The Balaban J connectivity index is 4.48. The lowest BCUT2D eigenvalue weighted by Crippen LogP contribution is -2.47. The van der Waals surface area contributed by atoms with Gasteiger partial charge in [-0.05, 0) is 12.8 Å². The van der Waals surface area contributed by atoms with Gasteiger partial charge in [0.05, 0.1) is 0 Å². The van der Waals surface area contributed by atoms with E-state index in [1.54, 1.807) is 21.1 Å². The van der Waals surface area contributed by atoms with Crippen LogP contribution in [0.2, 0.25) is 0 Å². The lowest BCUT2D eigenvalue weighted by molar-refractivity contribution is -0.228. The third-order valence-corrected chi connectivity index (χ3v) is 2.72. The van der Waals surface area contributed by atoms with E-state index in [4.69, 9.17) is 9.47 Å². The Morgan fingerprint density at radius 1 is 1.15 bits per heavy atom. The Morgan fingerprint density at radius 3 is 1.77 bits per heavy atom. The second kappa shape index (κ2) is 5.58. The highest BCUT2D eigenvalue weighted by atomic mass is 16.7. The maximum Gasteiger partial charge on any atom is 0.185 e. The lowest BCUT2D eigenvalue weighted by atomic mass is 9.84. The van der Waals surface area contributed by atoms with Crippen LogP contribution in [0, 0.1) is 5.92 Å². The standard InChI is InChI=1S/C10H22O3/c1-6-8(7-2)10(3,11)9(12-4)13-5/h8-9,11H,6-7H2,1-5H3. The summed E-state index contributed by atoms with van der Waals surface area (Å²) in [5.74, 6) is 0.206. The molecule has 0 saturated carbocycles. The van der Waals surface area contributed by atoms with Crippen molar-refractivity contribution in [1.29, 1.82) is 0 Å². The molecule has 0 rings (SSSR count). The zero-order valence-electron chi connectivity index (χ0n) is 9.33. The summed E-state index contributed by atoms with van der Waals surface area (Å²) < 4.78 is 10.2. The molecular formula is C10H22O3. The summed E-state index contributed by atoms with van der Waals surface area (Å²) >= 11 is 0. The third-order valence-electron chi connectivity index (χ3n) is 2.72. The molecule has 0 spiro atoms. The maximum absolute atomic E-state index is 10.2. The Bertz CT molecular complexity index is 112. The second-order valence-electron chi connectivity index (χ2n) is 3.54. The van der Waals surface area contributed by atoms with Gasteiger partial charge in [0.2, 0.25) is 0 Å². The molecule has 1 atom stereocenters. The van der Waals surface area contributed by atoms with Crippen molar-refractivity contribution in [2.75, 3.05) is 14.2 Å². The molecule has 80 valence electrons. The van der Waals surface area contributed by atoms with Crippen LogP contribution in [-0.2, 0) is 9.47 Å². The largest absolute Gasteiger partial charge is 0.385 e. The van der Waals surface area contributed by atoms with Crippen LogP contribution in [0.4, 0.5) is 0 Å². The van der Waals surface area contributed by atoms with Crippen LogP contribution in [0.1, 0.15) is 33.6 Å². The summed E-state index contributed by atoms with van der Waals surface area (Å²) in [4.78, 5) is 0. The van der Waals surface area contributed by atoms with Crippen LogP contribution in [0.3, 0.4) is 0 Å². The van der Waals surface area contributed by atoms with Gasteiger partial charge < -0.3 is 14.6 Å². The van der Waals surface area contributed by atoms with Crippen LogP contribution in [0.25, 0.3) is 0 Å². The molecule has 0 bridgehead atoms. The van der Waals surface area contributed by atoms with Gasteiger partial charge in [0, 0.05) is 14.2 Å². The summed E-state index contributed by atoms with van der Waals surface area (Å²) in [6.07, 6.45) is 1.30. The molecule has 0 saturated heterocycles. The number of hydrogen-bond donors (Lipinski definition) is 1. The van der Waals surface area contributed by atoms with Gasteiger partial charge in [-0.3, -0.25) is 0 Å². The molecule has 0 aromatic heterocycles. The van der Waals surface area contributed by atoms with E-state index >= 15 is 0 Å². The van der Waals surface area contributed by atoms with E-state index in [1.165, 1.54) is 0 Å². The molecular weight excluding hydrogens is 168 g/mol. The Hall–Kier alpha value is -0.120. The number of ether oxygens (including phenoxy) is 2. The molecule has 0 aliphatic carbocycles. The predicted molar refractivity (Wildman–Crippen MR) is 52.5 cm³/mol. The minimum absolute atomic E-state index is 0.206. The Labute approximate surface area is 81.0 Å². The molecule has 0 aromatic carbocycles. The fourth-order valence-corrected chi connectivity index (χ4v) is 1.88. The van der Waals surface area contributed by atoms with Gasteiger partial charge in [-0.1, -0.05) is 26.7 Å². The van der Waals surface area contributed by atoms with Gasteiger partial charge in [0.15, 0.2) is 6.29 Å². The molecule has 0 radical (unpaired) electrons. The van der Waals surface area contributed by atoms with Crippen molar-refractivity contribution in [2.24, 2.45) is 5.92 Å². The van der Waals surface area contributed by atoms with Crippen LogP contribution < -0.4 is 0 Å². The van der Waals surface area contributed by atoms with Crippen molar-refractivity contribution in [3.05, 3.63) is 0 Å². The number of rotatable bonds is 6. The predicted octanol–water partition coefficient (Wildman–Crippen LogP) is 1.79. The highest BCUT2D eigenvalue weighted by molar-refractivity contribution is 4.83. The van der Waals surface area contributed by atoms with Crippen LogP contribution >= 0.6 is 0 Å². The van der Waals surface area contributed by atoms with E-state index in [0.717, 1.165) is 12.8 Å². The molecule has 13 heavy (non-hydrogen) atoms. The first-order valence-corrected chi connectivity index (χ1v) is 4.82. The zero-order valence-corrected chi connectivity index (χ0v) is 9.33. The molecule has 1 N–H and O–H groups in total. The van der Waals surface area contributed by atoms with Crippen molar-refractivity contribution < 1.29 is 14.6 Å². The molecule has 0 amide bonds. The summed E-state index contributed by atoms with van der Waals surface area (Å²) in [5.41, 5.74) is -0.910. The highest BCUT2D eigenvalue weighted by Gasteiger charge is 2.38. The first-order chi connectivity index (χ1) is 6.04. The van der Waals surface area contributed by atoms with Gasteiger partial charge in [0.25, 0.3) is 0 Å². The average molecular weight is 190 g/mol. The summed E-state index contributed by atoms with van der Waals surface area (Å²) in [6.45, 7) is 5.89. The smallest absolute Gasteiger partial charge is 0.185 e. The number of aliphatic hydroxyl groups is 1. The van der Waals surface area contributed by atoms with Crippen molar-refractivity contribution >= 4 is 0 Å². The van der Waals surface area contributed by atoms with Crippen molar-refractivity contribution in [2.45, 2.75) is 45.5 Å². The van der Waals surface area contributed by atoms with Gasteiger partial charge >= 0.3 is 0 Å². The fourth-order valence-electron chi connectivity index (χ4n) is 1.88. The van der Waals surface area contributed by atoms with Gasteiger partial charge in [-0.25, -0.2) is 0 Å². The average Bonchev–Trinajstić information content (AvgIpc) is 2.07. The van der Waals surface area contributed by atoms with E-state index in [9.17, 15) is 5.11 Å². The van der Waals surface area contributed by atoms with Crippen molar-refractivity contribution in [3.8, 4) is 0 Å². The molecule has 0 aliphatic heterocycles. The summed E-state index contributed by atoms with van der Waals surface area (Å²) in [7, 11) is 3.09. The minimum Gasteiger partial charge on any atom is -0.385 e. The van der Waals surface area contributed by atoms with E-state index in [1.807, 2.05) is 0 Å². The first-order valence-electron chi connectivity index (χ1n) is 4.82. The first kappa shape index (κ1) is 12.9. The van der Waals surface area contributed by atoms with E-state index in [0.29, 0.717) is 0 Å².